The quantitative estimate of drug-likeness (QED) is 0.627. The second kappa shape index (κ2) is 7.62. The molecule has 0 saturated carbocycles. The Bertz CT molecular complexity index is 411. The molecule has 0 radical (unpaired) electrons. The maximum Gasteiger partial charge on any atom is 0.335 e. The maximum atomic E-state index is 10.3. The van der Waals surface area contributed by atoms with Gasteiger partial charge in [0, 0.05) is 5.92 Å². The highest BCUT2D eigenvalue weighted by Crippen LogP contribution is 2.15. The number of benzene rings is 1. The topological polar surface area (TPSA) is 115 Å². The fourth-order valence-electron chi connectivity index (χ4n) is 1.14. The minimum Gasteiger partial charge on any atom is -0.478 e. The summed E-state index contributed by atoms with van der Waals surface area (Å²) in [6.07, 6.45) is 0.795. The number of rotatable bonds is 4. The summed E-state index contributed by atoms with van der Waals surface area (Å²) in [6.45, 7) is 5.14. The Labute approximate surface area is 117 Å². The predicted molar refractivity (Wildman–Crippen MR) is 72.7 cm³/mol. The summed E-state index contributed by atoms with van der Waals surface area (Å²) < 4.78 is 0. The zero-order chi connectivity index (χ0) is 15.9. The van der Waals surface area contributed by atoms with Crippen molar-refractivity contribution in [2.75, 3.05) is 0 Å². The minimum absolute atomic E-state index is 0.0394. The standard InChI is InChI=1S/C8H6O4.C6H14O2/c9-7(10)5-1-2-6(4-3-5)8(11)12;1-4-5(2)6(3,7)8/h1-4H,(H,9,10)(H,11,12);5,7-8H,4H2,1-3H3. The van der Waals surface area contributed by atoms with Crippen molar-refractivity contribution >= 4 is 11.9 Å². The van der Waals surface area contributed by atoms with Crippen LogP contribution in [0.3, 0.4) is 0 Å². The first-order chi connectivity index (χ1) is 9.09. The van der Waals surface area contributed by atoms with Crippen molar-refractivity contribution in [1.82, 2.24) is 0 Å². The lowest BCUT2D eigenvalue weighted by molar-refractivity contribution is -0.181. The van der Waals surface area contributed by atoms with E-state index in [9.17, 15) is 9.59 Å². The molecule has 0 spiro atoms. The van der Waals surface area contributed by atoms with E-state index < -0.39 is 17.7 Å². The first-order valence-corrected chi connectivity index (χ1v) is 6.11. The van der Waals surface area contributed by atoms with E-state index in [-0.39, 0.29) is 17.0 Å². The van der Waals surface area contributed by atoms with E-state index in [2.05, 4.69) is 0 Å². The van der Waals surface area contributed by atoms with E-state index in [1.165, 1.54) is 31.2 Å². The van der Waals surface area contributed by atoms with Gasteiger partial charge in [0.1, 0.15) is 0 Å². The summed E-state index contributed by atoms with van der Waals surface area (Å²) in [5.74, 6) is -3.66. The summed E-state index contributed by atoms with van der Waals surface area (Å²) in [5.41, 5.74) is 0.167. The molecule has 1 aromatic carbocycles. The molecule has 0 aliphatic rings. The highest BCUT2D eigenvalue weighted by molar-refractivity contribution is 5.91. The molecule has 0 saturated heterocycles. The van der Waals surface area contributed by atoms with Crippen molar-refractivity contribution in [3.8, 4) is 0 Å². The minimum atomic E-state index is -1.49. The van der Waals surface area contributed by atoms with Crippen molar-refractivity contribution in [1.29, 1.82) is 0 Å². The first-order valence-electron chi connectivity index (χ1n) is 6.11. The third-order valence-corrected chi connectivity index (χ3v) is 2.92. The van der Waals surface area contributed by atoms with E-state index in [0.717, 1.165) is 6.42 Å². The zero-order valence-corrected chi connectivity index (χ0v) is 11.7. The fourth-order valence-corrected chi connectivity index (χ4v) is 1.14. The van der Waals surface area contributed by atoms with Gasteiger partial charge in [-0.15, -0.1) is 0 Å². The van der Waals surface area contributed by atoms with Crippen molar-refractivity contribution in [2.24, 2.45) is 5.92 Å². The van der Waals surface area contributed by atoms with E-state index in [1.54, 1.807) is 6.92 Å². The second-order valence-corrected chi connectivity index (χ2v) is 4.59. The number of carboxylic acid groups (broad SMARTS) is 2. The van der Waals surface area contributed by atoms with Crippen LogP contribution in [0.1, 0.15) is 47.9 Å². The molecule has 1 atom stereocenters. The van der Waals surface area contributed by atoms with Crippen LogP contribution in [0.5, 0.6) is 0 Å². The molecule has 1 rings (SSSR count). The Kier molecular flexibility index (Phi) is 6.89. The first kappa shape index (κ1) is 18.1. The van der Waals surface area contributed by atoms with Crippen LogP contribution in [0.15, 0.2) is 24.3 Å². The van der Waals surface area contributed by atoms with Gasteiger partial charge >= 0.3 is 11.9 Å². The average Bonchev–Trinajstić information content (AvgIpc) is 2.37. The molecule has 4 N–H and O–H groups in total. The van der Waals surface area contributed by atoms with Gasteiger partial charge in [-0.05, 0) is 37.6 Å². The number of aromatic carboxylic acids is 2. The highest BCUT2D eigenvalue weighted by atomic mass is 16.5. The van der Waals surface area contributed by atoms with Gasteiger partial charge < -0.3 is 20.4 Å². The molecule has 0 aliphatic heterocycles. The van der Waals surface area contributed by atoms with Gasteiger partial charge in [0.05, 0.1) is 11.1 Å². The Morgan fingerprint density at radius 3 is 1.45 bits per heavy atom. The van der Waals surface area contributed by atoms with Gasteiger partial charge in [0.2, 0.25) is 0 Å². The summed E-state index contributed by atoms with van der Waals surface area (Å²) in [7, 11) is 0. The lowest BCUT2D eigenvalue weighted by Gasteiger charge is -2.22. The smallest absolute Gasteiger partial charge is 0.335 e. The van der Waals surface area contributed by atoms with E-state index in [4.69, 9.17) is 20.4 Å². The normalized spacial score (nSPS) is 12.1. The van der Waals surface area contributed by atoms with Gasteiger partial charge in [-0.1, -0.05) is 13.8 Å². The summed E-state index contributed by atoms with van der Waals surface area (Å²) >= 11 is 0. The molecule has 0 aromatic heterocycles. The molecular formula is C14H20O6. The van der Waals surface area contributed by atoms with E-state index >= 15 is 0 Å². The van der Waals surface area contributed by atoms with Gasteiger partial charge in [-0.2, -0.15) is 0 Å². The highest BCUT2D eigenvalue weighted by Gasteiger charge is 2.22. The van der Waals surface area contributed by atoms with Crippen LogP contribution >= 0.6 is 0 Å². The largest absolute Gasteiger partial charge is 0.478 e. The van der Waals surface area contributed by atoms with Crippen molar-refractivity contribution in [3.63, 3.8) is 0 Å². The molecule has 1 unspecified atom stereocenters. The van der Waals surface area contributed by atoms with Crippen molar-refractivity contribution in [3.05, 3.63) is 35.4 Å². The van der Waals surface area contributed by atoms with Crippen molar-refractivity contribution < 1.29 is 30.0 Å². The molecule has 0 aliphatic carbocycles. The molecule has 0 amide bonds. The molecule has 20 heavy (non-hydrogen) atoms. The Balaban J connectivity index is 0.000000396. The third-order valence-electron chi connectivity index (χ3n) is 2.92. The summed E-state index contributed by atoms with van der Waals surface area (Å²) in [4.78, 5) is 20.7. The number of hydrogen-bond acceptors (Lipinski definition) is 4. The summed E-state index contributed by atoms with van der Waals surface area (Å²) in [6, 6.07) is 5.02. The van der Waals surface area contributed by atoms with Crippen LogP contribution in [0.4, 0.5) is 0 Å². The number of hydrogen-bond donors (Lipinski definition) is 4. The molecule has 6 heteroatoms. The van der Waals surface area contributed by atoms with Crippen LogP contribution in [-0.4, -0.2) is 38.2 Å². The number of carboxylic acids is 2. The second-order valence-electron chi connectivity index (χ2n) is 4.59. The number of aliphatic hydroxyl groups is 2. The van der Waals surface area contributed by atoms with Crippen LogP contribution in [0.25, 0.3) is 0 Å². The monoisotopic (exact) mass is 284 g/mol. The molecule has 0 fully saturated rings. The van der Waals surface area contributed by atoms with E-state index in [0.29, 0.717) is 0 Å². The van der Waals surface area contributed by atoms with Gasteiger partial charge in [0.15, 0.2) is 5.79 Å². The maximum absolute atomic E-state index is 10.3. The summed E-state index contributed by atoms with van der Waals surface area (Å²) in [5, 5.41) is 34.6. The molecule has 0 heterocycles. The van der Waals surface area contributed by atoms with Crippen LogP contribution in [0, 0.1) is 5.92 Å². The third kappa shape index (κ3) is 6.31. The van der Waals surface area contributed by atoms with Gasteiger partial charge in [-0.3, -0.25) is 0 Å². The molecule has 0 bridgehead atoms. The lowest BCUT2D eigenvalue weighted by atomic mass is 10.0. The Morgan fingerprint density at radius 1 is 1.05 bits per heavy atom. The Morgan fingerprint density at radius 2 is 1.35 bits per heavy atom. The van der Waals surface area contributed by atoms with Crippen LogP contribution in [0.2, 0.25) is 0 Å². The SMILES string of the molecule is CCC(C)C(C)(O)O.O=C(O)c1ccc(C(=O)O)cc1. The van der Waals surface area contributed by atoms with E-state index in [1.807, 2.05) is 6.92 Å². The van der Waals surface area contributed by atoms with Crippen LogP contribution in [-0.2, 0) is 0 Å². The molecule has 6 nitrogen and oxygen atoms in total. The molecular weight excluding hydrogens is 264 g/mol. The van der Waals surface area contributed by atoms with Crippen molar-refractivity contribution in [2.45, 2.75) is 33.0 Å². The fraction of sp³-hybridized carbons (Fsp3) is 0.429. The average molecular weight is 284 g/mol. The Hall–Kier alpha value is -1.92. The van der Waals surface area contributed by atoms with Gasteiger partial charge in [0.25, 0.3) is 0 Å². The lowest BCUT2D eigenvalue weighted by Crippen LogP contribution is -2.31. The zero-order valence-electron chi connectivity index (χ0n) is 11.7. The molecule has 112 valence electrons. The molecule has 1 aromatic rings. The predicted octanol–water partition coefficient (Wildman–Crippen LogP) is 1.82. The van der Waals surface area contributed by atoms with Gasteiger partial charge in [-0.25, -0.2) is 9.59 Å². The number of carbonyl (C=O) groups is 2. The van der Waals surface area contributed by atoms with Crippen LogP contribution < -0.4 is 0 Å².